The Balaban J connectivity index is 2.79. The third kappa shape index (κ3) is 3.73. The second kappa shape index (κ2) is 5.17. The smallest absolute Gasteiger partial charge is 0.247 e. The molecule has 17 heavy (non-hydrogen) atoms. The Hall–Kier alpha value is -1.58. The standard InChI is InChI=1S/C8H10FN3O4S/c9-5-1-6(3-11-2-5)17(15,16)12-4-7(13)8(10)14/h1-3,7,12-13H,4H2,(H2,10,14). The molecule has 0 spiro atoms. The summed E-state index contributed by atoms with van der Waals surface area (Å²) in [5.74, 6) is -1.88. The van der Waals surface area contributed by atoms with Crippen LogP contribution >= 0.6 is 0 Å². The molecular weight excluding hydrogens is 253 g/mol. The molecule has 1 unspecified atom stereocenters. The Morgan fingerprint density at radius 2 is 2.24 bits per heavy atom. The number of primary amides is 1. The van der Waals surface area contributed by atoms with Gasteiger partial charge in [0.15, 0.2) is 0 Å². The van der Waals surface area contributed by atoms with E-state index in [2.05, 4.69) is 4.98 Å². The SMILES string of the molecule is NC(=O)C(O)CNS(=O)(=O)c1cncc(F)c1. The molecule has 0 aliphatic carbocycles. The Bertz CT molecular complexity index is 519. The van der Waals surface area contributed by atoms with Crippen molar-refractivity contribution < 1.29 is 22.7 Å². The number of carbonyl (C=O) groups excluding carboxylic acids is 1. The fourth-order valence-corrected chi connectivity index (χ4v) is 1.92. The molecule has 1 heterocycles. The molecule has 0 radical (unpaired) electrons. The number of nitrogens with zero attached hydrogens (tertiary/aromatic N) is 1. The molecule has 1 atom stereocenters. The van der Waals surface area contributed by atoms with Gasteiger partial charge in [-0.05, 0) is 6.07 Å². The van der Waals surface area contributed by atoms with E-state index >= 15 is 0 Å². The molecule has 1 aromatic heterocycles. The third-order valence-corrected chi connectivity index (χ3v) is 3.18. The van der Waals surface area contributed by atoms with Crippen molar-refractivity contribution in [1.29, 1.82) is 0 Å². The lowest BCUT2D eigenvalue weighted by molar-refractivity contribution is -0.125. The molecule has 1 amide bonds. The van der Waals surface area contributed by atoms with Gasteiger partial charge in [-0.25, -0.2) is 17.5 Å². The largest absolute Gasteiger partial charge is 0.382 e. The predicted octanol–water partition coefficient (Wildman–Crippen LogP) is -1.65. The zero-order chi connectivity index (χ0) is 13.1. The zero-order valence-electron chi connectivity index (χ0n) is 8.50. The molecule has 0 bridgehead atoms. The van der Waals surface area contributed by atoms with Crippen LogP contribution in [0.3, 0.4) is 0 Å². The summed E-state index contributed by atoms with van der Waals surface area (Å²) in [4.78, 5) is 13.4. The first-order chi connectivity index (χ1) is 7.83. The molecule has 0 aromatic carbocycles. The van der Waals surface area contributed by atoms with Gasteiger partial charge in [0.05, 0.1) is 6.20 Å². The predicted molar refractivity (Wildman–Crippen MR) is 54.6 cm³/mol. The van der Waals surface area contributed by atoms with Crippen LogP contribution in [0.1, 0.15) is 0 Å². The van der Waals surface area contributed by atoms with E-state index in [1.54, 1.807) is 0 Å². The summed E-state index contributed by atoms with van der Waals surface area (Å²) in [7, 11) is -4.03. The lowest BCUT2D eigenvalue weighted by Crippen LogP contribution is -2.39. The van der Waals surface area contributed by atoms with Crippen molar-refractivity contribution >= 4 is 15.9 Å². The number of hydrogen-bond acceptors (Lipinski definition) is 5. The van der Waals surface area contributed by atoms with Crippen molar-refractivity contribution in [3.05, 3.63) is 24.3 Å². The lowest BCUT2D eigenvalue weighted by Gasteiger charge is -2.08. The number of pyridine rings is 1. The fraction of sp³-hybridized carbons (Fsp3) is 0.250. The summed E-state index contributed by atoms with van der Waals surface area (Å²) in [6, 6.07) is 0.756. The molecule has 0 aliphatic rings. The van der Waals surface area contributed by atoms with Gasteiger partial charge in [-0.3, -0.25) is 9.78 Å². The lowest BCUT2D eigenvalue weighted by atomic mass is 10.3. The molecule has 0 fully saturated rings. The van der Waals surface area contributed by atoms with E-state index in [0.717, 1.165) is 18.5 Å². The molecule has 0 saturated carbocycles. The van der Waals surface area contributed by atoms with Gasteiger partial charge in [-0.15, -0.1) is 0 Å². The Morgan fingerprint density at radius 3 is 2.76 bits per heavy atom. The van der Waals surface area contributed by atoms with E-state index in [-0.39, 0.29) is 0 Å². The minimum Gasteiger partial charge on any atom is -0.382 e. The molecule has 4 N–H and O–H groups in total. The molecule has 0 saturated heterocycles. The third-order valence-electron chi connectivity index (χ3n) is 1.79. The first-order valence-corrected chi connectivity index (χ1v) is 5.89. The van der Waals surface area contributed by atoms with E-state index in [4.69, 9.17) is 10.8 Å². The van der Waals surface area contributed by atoms with Crippen LogP contribution in [-0.4, -0.2) is 37.1 Å². The zero-order valence-corrected chi connectivity index (χ0v) is 9.32. The second-order valence-corrected chi connectivity index (χ2v) is 4.88. The molecule has 1 rings (SSSR count). The van der Waals surface area contributed by atoms with Gasteiger partial charge in [-0.2, -0.15) is 0 Å². The van der Waals surface area contributed by atoms with Gasteiger partial charge in [0, 0.05) is 12.7 Å². The molecule has 0 aliphatic heterocycles. The van der Waals surface area contributed by atoms with E-state index in [0.29, 0.717) is 0 Å². The highest BCUT2D eigenvalue weighted by atomic mass is 32.2. The Labute approximate surface area is 96.5 Å². The maximum atomic E-state index is 12.7. The van der Waals surface area contributed by atoms with Crippen LogP contribution in [0.25, 0.3) is 0 Å². The van der Waals surface area contributed by atoms with Crippen LogP contribution in [0.5, 0.6) is 0 Å². The first-order valence-electron chi connectivity index (χ1n) is 4.40. The van der Waals surface area contributed by atoms with Crippen molar-refractivity contribution in [3.8, 4) is 0 Å². The van der Waals surface area contributed by atoms with Crippen LogP contribution < -0.4 is 10.5 Å². The van der Waals surface area contributed by atoms with Gasteiger partial charge in [0.2, 0.25) is 15.9 Å². The summed E-state index contributed by atoms with van der Waals surface area (Å²) >= 11 is 0. The van der Waals surface area contributed by atoms with Crippen LogP contribution in [0.4, 0.5) is 4.39 Å². The average molecular weight is 263 g/mol. The summed E-state index contributed by atoms with van der Waals surface area (Å²) in [5.41, 5.74) is 4.73. The molecular formula is C8H10FN3O4S. The number of aliphatic hydroxyl groups is 1. The number of carbonyl (C=O) groups is 1. The number of halogens is 1. The minimum absolute atomic E-state index is 0.408. The maximum absolute atomic E-state index is 12.7. The summed E-state index contributed by atoms with van der Waals surface area (Å²) in [5, 5.41) is 9.00. The molecule has 9 heteroatoms. The number of hydrogen-bond donors (Lipinski definition) is 3. The van der Waals surface area contributed by atoms with E-state index in [1.807, 2.05) is 4.72 Å². The summed E-state index contributed by atoms with van der Waals surface area (Å²) < 4.78 is 37.7. The topological polar surface area (TPSA) is 122 Å². The van der Waals surface area contributed by atoms with Crippen molar-refractivity contribution in [2.75, 3.05) is 6.54 Å². The van der Waals surface area contributed by atoms with Gasteiger partial charge < -0.3 is 10.8 Å². The first kappa shape index (κ1) is 13.5. The van der Waals surface area contributed by atoms with E-state index < -0.39 is 39.3 Å². The monoisotopic (exact) mass is 263 g/mol. The van der Waals surface area contributed by atoms with Crippen LogP contribution in [-0.2, 0) is 14.8 Å². The van der Waals surface area contributed by atoms with E-state index in [9.17, 15) is 17.6 Å². The summed E-state index contributed by atoms with van der Waals surface area (Å²) in [6.07, 6.45) is 0.130. The van der Waals surface area contributed by atoms with Gasteiger partial charge in [0.1, 0.15) is 16.8 Å². The minimum atomic E-state index is -4.03. The second-order valence-electron chi connectivity index (χ2n) is 3.11. The van der Waals surface area contributed by atoms with E-state index in [1.165, 1.54) is 0 Å². The number of rotatable bonds is 5. The number of nitrogens with two attached hydrogens (primary N) is 1. The molecule has 1 aromatic rings. The number of aromatic nitrogens is 1. The van der Waals surface area contributed by atoms with Crippen LogP contribution in [0, 0.1) is 5.82 Å². The fourth-order valence-electron chi connectivity index (χ4n) is 0.912. The highest BCUT2D eigenvalue weighted by molar-refractivity contribution is 7.89. The number of amides is 1. The molecule has 7 nitrogen and oxygen atoms in total. The number of aliphatic hydroxyl groups excluding tert-OH is 1. The highest BCUT2D eigenvalue weighted by Gasteiger charge is 2.19. The summed E-state index contributed by atoms with van der Waals surface area (Å²) in [6.45, 7) is -0.589. The van der Waals surface area contributed by atoms with Crippen molar-refractivity contribution in [2.24, 2.45) is 5.73 Å². The quantitative estimate of drug-likeness (QED) is 0.587. The van der Waals surface area contributed by atoms with Crippen molar-refractivity contribution in [3.63, 3.8) is 0 Å². The van der Waals surface area contributed by atoms with Crippen LogP contribution in [0.2, 0.25) is 0 Å². The highest BCUT2D eigenvalue weighted by Crippen LogP contribution is 2.07. The number of nitrogens with one attached hydrogen (secondary N) is 1. The Kier molecular flexibility index (Phi) is 4.10. The number of sulfonamides is 1. The van der Waals surface area contributed by atoms with Gasteiger partial charge in [-0.1, -0.05) is 0 Å². The van der Waals surface area contributed by atoms with Crippen molar-refractivity contribution in [1.82, 2.24) is 9.71 Å². The molecule has 94 valence electrons. The Morgan fingerprint density at radius 1 is 1.59 bits per heavy atom. The average Bonchev–Trinajstić information content (AvgIpc) is 2.26. The normalized spacial score (nSPS) is 13.3. The van der Waals surface area contributed by atoms with Crippen molar-refractivity contribution in [2.45, 2.75) is 11.0 Å². The van der Waals surface area contributed by atoms with Crippen LogP contribution in [0.15, 0.2) is 23.4 Å². The van der Waals surface area contributed by atoms with Gasteiger partial charge >= 0.3 is 0 Å². The van der Waals surface area contributed by atoms with Gasteiger partial charge in [0.25, 0.3) is 0 Å². The maximum Gasteiger partial charge on any atom is 0.247 e.